The summed E-state index contributed by atoms with van der Waals surface area (Å²) in [7, 11) is 0. The van der Waals surface area contributed by atoms with Gasteiger partial charge >= 0.3 is 6.18 Å². The largest absolute Gasteiger partial charge is 0.447 e. The fourth-order valence-electron chi connectivity index (χ4n) is 2.83. The number of alkyl halides is 3. The van der Waals surface area contributed by atoms with Crippen molar-refractivity contribution in [2.75, 3.05) is 4.90 Å². The summed E-state index contributed by atoms with van der Waals surface area (Å²) in [4.78, 5) is 9.92. The quantitative estimate of drug-likeness (QED) is 0.625. The Morgan fingerprint density at radius 1 is 0.931 bits per heavy atom. The van der Waals surface area contributed by atoms with Crippen LogP contribution in [-0.2, 0) is 6.18 Å². The van der Waals surface area contributed by atoms with Crippen LogP contribution in [0.3, 0.4) is 0 Å². The van der Waals surface area contributed by atoms with E-state index in [1.807, 2.05) is 0 Å². The van der Waals surface area contributed by atoms with Crippen molar-refractivity contribution in [1.29, 1.82) is 0 Å². The molecule has 1 aromatic heterocycles. The van der Waals surface area contributed by atoms with Gasteiger partial charge in [0.25, 0.3) is 6.35 Å². The Bertz CT molecular complexity index is 1160. The van der Waals surface area contributed by atoms with Crippen LogP contribution in [0.4, 0.5) is 27.6 Å². The van der Waals surface area contributed by atoms with Crippen LogP contribution in [0.2, 0.25) is 0 Å². The zero-order valence-corrected chi connectivity index (χ0v) is 14.6. The molecule has 4 nitrogen and oxygen atoms in total. The molecule has 1 atom stereocenters. The molecule has 9 heteroatoms. The SMILES string of the molecule is Fc1ccc(N2C=c3ncccc3=NC2Oc2cccc(C(F)(F)F)c2F)cc1. The Hall–Kier alpha value is -3.49. The van der Waals surface area contributed by atoms with Crippen LogP contribution in [0.1, 0.15) is 5.56 Å². The van der Waals surface area contributed by atoms with Crippen LogP contribution < -0.4 is 20.3 Å². The number of benzene rings is 2. The fraction of sp³-hybridized carbons (Fsp3) is 0.100. The molecule has 0 spiro atoms. The molecule has 0 aliphatic carbocycles. The molecule has 4 rings (SSSR count). The topological polar surface area (TPSA) is 37.7 Å². The molecule has 1 unspecified atom stereocenters. The Morgan fingerprint density at radius 2 is 1.69 bits per heavy atom. The molecule has 2 aromatic carbocycles. The Kier molecular flexibility index (Phi) is 4.65. The molecule has 0 saturated carbocycles. The van der Waals surface area contributed by atoms with E-state index in [1.165, 1.54) is 29.2 Å². The third-order valence-corrected chi connectivity index (χ3v) is 4.19. The van der Waals surface area contributed by atoms with E-state index in [4.69, 9.17) is 4.74 Å². The van der Waals surface area contributed by atoms with Crippen LogP contribution in [-0.4, -0.2) is 11.3 Å². The van der Waals surface area contributed by atoms with Crippen LogP contribution in [0.5, 0.6) is 5.75 Å². The average molecular weight is 405 g/mol. The summed E-state index contributed by atoms with van der Waals surface area (Å²) in [6, 6.07) is 11.3. The zero-order valence-electron chi connectivity index (χ0n) is 14.6. The van der Waals surface area contributed by atoms with Gasteiger partial charge in [0, 0.05) is 18.1 Å². The smallest absolute Gasteiger partial charge is 0.419 e. The molecule has 29 heavy (non-hydrogen) atoms. The van der Waals surface area contributed by atoms with E-state index in [0.29, 0.717) is 22.5 Å². The Morgan fingerprint density at radius 3 is 2.41 bits per heavy atom. The highest BCUT2D eigenvalue weighted by Crippen LogP contribution is 2.35. The Labute approximate surface area is 161 Å². The van der Waals surface area contributed by atoms with Crippen LogP contribution >= 0.6 is 0 Å². The number of fused-ring (bicyclic) bond motifs is 1. The van der Waals surface area contributed by atoms with E-state index in [1.54, 1.807) is 24.5 Å². The molecule has 1 aliphatic rings. The van der Waals surface area contributed by atoms with Gasteiger partial charge in [0.1, 0.15) is 11.2 Å². The second-order valence-electron chi connectivity index (χ2n) is 6.11. The van der Waals surface area contributed by atoms with Crippen molar-refractivity contribution < 1.29 is 26.7 Å². The maximum absolute atomic E-state index is 14.4. The van der Waals surface area contributed by atoms with Gasteiger partial charge < -0.3 is 4.74 Å². The number of nitrogens with zero attached hydrogens (tertiary/aromatic N) is 3. The normalized spacial score (nSPS) is 15.9. The lowest BCUT2D eigenvalue weighted by atomic mass is 10.2. The predicted octanol–water partition coefficient (Wildman–Crippen LogP) is 3.62. The molecule has 2 heterocycles. The van der Waals surface area contributed by atoms with Gasteiger partial charge in [-0.05, 0) is 48.5 Å². The van der Waals surface area contributed by atoms with Gasteiger partial charge in [-0.1, -0.05) is 6.07 Å². The molecule has 148 valence electrons. The van der Waals surface area contributed by atoms with Gasteiger partial charge in [0.05, 0.1) is 10.9 Å². The van der Waals surface area contributed by atoms with Crippen molar-refractivity contribution in [3.05, 3.63) is 88.7 Å². The van der Waals surface area contributed by atoms with Crippen LogP contribution in [0, 0.1) is 11.6 Å². The monoisotopic (exact) mass is 405 g/mol. The number of halogens is 5. The highest BCUT2D eigenvalue weighted by Gasteiger charge is 2.36. The molecule has 0 fully saturated rings. The van der Waals surface area contributed by atoms with E-state index in [0.717, 1.165) is 12.1 Å². The predicted molar refractivity (Wildman–Crippen MR) is 94.2 cm³/mol. The molecule has 0 radical (unpaired) electrons. The summed E-state index contributed by atoms with van der Waals surface area (Å²) in [6.45, 7) is 0. The van der Waals surface area contributed by atoms with E-state index in [-0.39, 0.29) is 0 Å². The van der Waals surface area contributed by atoms with Crippen molar-refractivity contribution in [3.8, 4) is 5.75 Å². The number of anilines is 1. The van der Waals surface area contributed by atoms with Gasteiger partial charge in [-0.25, -0.2) is 13.8 Å². The number of pyridine rings is 1. The van der Waals surface area contributed by atoms with Crippen molar-refractivity contribution in [2.24, 2.45) is 4.99 Å². The third-order valence-electron chi connectivity index (χ3n) is 4.19. The van der Waals surface area contributed by atoms with E-state index >= 15 is 0 Å². The lowest BCUT2D eigenvalue weighted by Crippen LogP contribution is -2.46. The molecule has 1 aliphatic heterocycles. The molecular weight excluding hydrogens is 393 g/mol. The first-order valence-electron chi connectivity index (χ1n) is 8.40. The fourth-order valence-corrected chi connectivity index (χ4v) is 2.83. The summed E-state index contributed by atoms with van der Waals surface area (Å²) in [5.74, 6) is -2.62. The summed E-state index contributed by atoms with van der Waals surface area (Å²) in [6.07, 6.45) is -3.00. The van der Waals surface area contributed by atoms with Crippen molar-refractivity contribution in [3.63, 3.8) is 0 Å². The second kappa shape index (κ2) is 7.16. The number of aromatic nitrogens is 1. The van der Waals surface area contributed by atoms with Gasteiger partial charge in [-0.3, -0.25) is 9.88 Å². The van der Waals surface area contributed by atoms with Gasteiger partial charge in [0.15, 0.2) is 11.6 Å². The highest BCUT2D eigenvalue weighted by atomic mass is 19.4. The molecular formula is C20H12F5N3O. The van der Waals surface area contributed by atoms with E-state index in [9.17, 15) is 22.0 Å². The molecule has 0 amide bonds. The lowest BCUT2D eigenvalue weighted by Gasteiger charge is -2.30. The first-order valence-corrected chi connectivity index (χ1v) is 8.40. The summed E-state index contributed by atoms with van der Waals surface area (Å²) in [5, 5.41) is 0.893. The minimum atomic E-state index is -4.87. The minimum absolute atomic E-state index is 0.420. The van der Waals surface area contributed by atoms with E-state index in [2.05, 4.69) is 9.98 Å². The number of hydrogen-bond acceptors (Lipinski definition) is 4. The summed E-state index contributed by atoms with van der Waals surface area (Å²) < 4.78 is 72.2. The summed E-state index contributed by atoms with van der Waals surface area (Å²) in [5.41, 5.74) is -1.01. The first kappa shape index (κ1) is 18.9. The molecule has 0 bridgehead atoms. The molecule has 0 saturated heterocycles. The van der Waals surface area contributed by atoms with Gasteiger partial charge in [-0.15, -0.1) is 0 Å². The van der Waals surface area contributed by atoms with E-state index < -0.39 is 35.5 Å². The second-order valence-corrected chi connectivity index (χ2v) is 6.11. The number of hydrogen-bond donors (Lipinski definition) is 0. The number of rotatable bonds is 3. The Balaban J connectivity index is 1.78. The van der Waals surface area contributed by atoms with Crippen molar-refractivity contribution in [2.45, 2.75) is 12.5 Å². The zero-order chi connectivity index (χ0) is 20.6. The molecule has 0 N–H and O–H groups in total. The standard InChI is InChI=1S/C20H12F5N3O/c21-12-6-8-13(9-7-12)28-11-16-15(4-2-10-26-16)27-19(28)29-17-5-1-3-14(18(17)22)20(23,24)25/h1-11,19H. The maximum Gasteiger partial charge on any atom is 0.419 e. The third kappa shape index (κ3) is 3.75. The molecule has 3 aromatic rings. The highest BCUT2D eigenvalue weighted by molar-refractivity contribution is 5.59. The van der Waals surface area contributed by atoms with Crippen molar-refractivity contribution >= 4 is 11.9 Å². The number of ether oxygens (including phenoxy) is 1. The average Bonchev–Trinajstić information content (AvgIpc) is 2.69. The lowest BCUT2D eigenvalue weighted by molar-refractivity contribution is -0.140. The van der Waals surface area contributed by atoms with Gasteiger partial charge in [0.2, 0.25) is 0 Å². The maximum atomic E-state index is 14.4. The summed E-state index contributed by atoms with van der Waals surface area (Å²) >= 11 is 0. The van der Waals surface area contributed by atoms with Gasteiger partial charge in [-0.2, -0.15) is 13.2 Å². The first-order chi connectivity index (χ1) is 13.8. The van der Waals surface area contributed by atoms with Crippen molar-refractivity contribution in [1.82, 2.24) is 4.98 Å². The minimum Gasteiger partial charge on any atom is -0.447 e. The van der Waals surface area contributed by atoms with Crippen LogP contribution in [0.25, 0.3) is 6.20 Å². The van der Waals surface area contributed by atoms with Crippen LogP contribution in [0.15, 0.2) is 65.8 Å².